The molecule has 2 aromatic rings. The fourth-order valence-corrected chi connectivity index (χ4v) is 2.74. The van der Waals surface area contributed by atoms with E-state index in [2.05, 4.69) is 21.2 Å². The van der Waals surface area contributed by atoms with E-state index in [1.54, 1.807) is 36.4 Å². The van der Waals surface area contributed by atoms with Gasteiger partial charge in [-0.2, -0.15) is 0 Å². The maximum absolute atomic E-state index is 12.9. The number of anilines is 1. The summed E-state index contributed by atoms with van der Waals surface area (Å²) in [7, 11) is 0. The monoisotopic (exact) mass is 407 g/mol. The van der Waals surface area contributed by atoms with Crippen molar-refractivity contribution in [1.29, 1.82) is 0 Å². The van der Waals surface area contributed by atoms with Gasteiger partial charge in [-0.15, -0.1) is 0 Å². The minimum atomic E-state index is -0.927. The van der Waals surface area contributed by atoms with E-state index >= 15 is 0 Å². The van der Waals surface area contributed by atoms with Gasteiger partial charge in [0.05, 0.1) is 12.7 Å². The second-order valence-corrected chi connectivity index (χ2v) is 6.51. The summed E-state index contributed by atoms with van der Waals surface area (Å²) in [5.41, 5.74) is 1.46. The molecule has 0 radical (unpaired) electrons. The highest BCUT2D eigenvalue weighted by molar-refractivity contribution is 9.10. The maximum Gasteiger partial charge on any atom is 0.195 e. The Labute approximate surface area is 153 Å². The molecule has 0 saturated heterocycles. The third-order valence-electron chi connectivity index (χ3n) is 3.77. The highest BCUT2D eigenvalue weighted by atomic mass is 79.9. The fraction of sp³-hybridized carbons (Fsp3) is 0.278. The molecule has 0 saturated carbocycles. The Morgan fingerprint density at radius 3 is 2.44 bits per heavy atom. The maximum atomic E-state index is 12.9. The van der Waals surface area contributed by atoms with Gasteiger partial charge in [0.15, 0.2) is 17.3 Å². The lowest BCUT2D eigenvalue weighted by atomic mass is 10.0. The third-order valence-corrected chi connectivity index (χ3v) is 4.30. The first-order valence-electron chi connectivity index (χ1n) is 7.85. The summed E-state index contributed by atoms with van der Waals surface area (Å²) < 4.78 is 12.0. The quantitative estimate of drug-likeness (QED) is 0.636. The average molecular weight is 408 g/mol. The van der Waals surface area contributed by atoms with E-state index in [-0.39, 0.29) is 18.9 Å². The van der Waals surface area contributed by atoms with E-state index in [0.29, 0.717) is 41.5 Å². The minimum absolute atomic E-state index is 0.108. The van der Waals surface area contributed by atoms with Crippen LogP contribution in [-0.2, 0) is 0 Å². The zero-order chi connectivity index (χ0) is 17.8. The van der Waals surface area contributed by atoms with Crippen LogP contribution in [0, 0.1) is 0 Å². The van der Waals surface area contributed by atoms with Gasteiger partial charge in [0.25, 0.3) is 0 Å². The summed E-state index contributed by atoms with van der Waals surface area (Å²) in [6.45, 7) is 0.602. The van der Waals surface area contributed by atoms with Crippen molar-refractivity contribution in [2.75, 3.05) is 31.7 Å². The summed E-state index contributed by atoms with van der Waals surface area (Å²) in [4.78, 5) is 12.9. The van der Waals surface area contributed by atoms with Gasteiger partial charge < -0.3 is 25.0 Å². The molecule has 0 aromatic heterocycles. The Bertz CT molecular complexity index is 763. The summed E-state index contributed by atoms with van der Waals surface area (Å²) in [5, 5.41) is 21.6. The number of aliphatic hydroxyl groups excluding tert-OH is 2. The molecular formula is C18H18BrNO5. The first kappa shape index (κ1) is 17.7. The second-order valence-electron chi connectivity index (χ2n) is 5.59. The third kappa shape index (κ3) is 4.12. The highest BCUT2D eigenvalue weighted by Crippen LogP contribution is 2.36. The summed E-state index contributed by atoms with van der Waals surface area (Å²) in [5.74, 6) is 0.880. The number of ketones is 1. The average Bonchev–Trinajstić information content (AvgIpc) is 2.65. The van der Waals surface area contributed by atoms with Crippen molar-refractivity contribution in [3.8, 4) is 11.5 Å². The number of aliphatic hydroxyl groups is 2. The number of fused-ring (bicyclic) bond motifs is 1. The predicted octanol–water partition coefficient (Wildman–Crippen LogP) is 2.22. The highest BCUT2D eigenvalue weighted by Gasteiger charge is 2.21. The molecule has 6 nitrogen and oxygen atoms in total. The number of carbonyl (C=O) groups excluding carboxylic acids is 1. The Morgan fingerprint density at radius 2 is 1.80 bits per heavy atom. The lowest BCUT2D eigenvalue weighted by molar-refractivity contribution is 0.103. The van der Waals surface area contributed by atoms with Crippen molar-refractivity contribution in [2.24, 2.45) is 0 Å². The van der Waals surface area contributed by atoms with Gasteiger partial charge in [0, 0.05) is 33.9 Å². The number of ether oxygens (including phenoxy) is 2. The SMILES string of the molecule is O=C(c1ccc(Br)cc1)c1cc2c(cc1NCC(O)CO)OCCO2. The van der Waals surface area contributed by atoms with Gasteiger partial charge in [-0.1, -0.05) is 15.9 Å². The minimum Gasteiger partial charge on any atom is -0.486 e. The number of hydrogen-bond donors (Lipinski definition) is 3. The molecule has 25 heavy (non-hydrogen) atoms. The Morgan fingerprint density at radius 1 is 1.16 bits per heavy atom. The summed E-state index contributed by atoms with van der Waals surface area (Å²) in [6.07, 6.45) is -0.927. The number of nitrogens with one attached hydrogen (secondary N) is 1. The molecule has 0 aliphatic carbocycles. The molecule has 0 spiro atoms. The van der Waals surface area contributed by atoms with E-state index in [0.717, 1.165) is 4.47 Å². The normalized spacial score (nSPS) is 14.0. The Balaban J connectivity index is 1.96. The van der Waals surface area contributed by atoms with E-state index in [9.17, 15) is 9.90 Å². The molecule has 0 bridgehead atoms. The van der Waals surface area contributed by atoms with Crippen LogP contribution in [0.25, 0.3) is 0 Å². The molecule has 1 aliphatic rings. The van der Waals surface area contributed by atoms with Gasteiger partial charge in [-0.3, -0.25) is 4.79 Å². The van der Waals surface area contributed by atoms with E-state index in [4.69, 9.17) is 14.6 Å². The smallest absolute Gasteiger partial charge is 0.195 e. The van der Waals surface area contributed by atoms with Crippen LogP contribution in [-0.4, -0.2) is 48.5 Å². The molecule has 3 N–H and O–H groups in total. The van der Waals surface area contributed by atoms with Crippen LogP contribution in [0.2, 0.25) is 0 Å². The fourth-order valence-electron chi connectivity index (χ4n) is 2.47. The zero-order valence-electron chi connectivity index (χ0n) is 13.4. The standard InChI is InChI=1S/C18H18BrNO5/c19-12-3-1-11(2-4-12)18(23)14-7-16-17(25-6-5-24-16)8-15(14)20-9-13(22)10-21/h1-4,7-8,13,20-22H,5-6,9-10H2. The van der Waals surface area contributed by atoms with Crippen molar-refractivity contribution in [1.82, 2.24) is 0 Å². The largest absolute Gasteiger partial charge is 0.486 e. The van der Waals surface area contributed by atoms with Crippen LogP contribution in [0.15, 0.2) is 40.9 Å². The van der Waals surface area contributed by atoms with Crippen molar-refractivity contribution in [3.63, 3.8) is 0 Å². The van der Waals surface area contributed by atoms with Crippen LogP contribution < -0.4 is 14.8 Å². The Kier molecular flexibility index (Phi) is 5.57. The molecule has 1 heterocycles. The molecule has 7 heteroatoms. The molecule has 2 aromatic carbocycles. The van der Waals surface area contributed by atoms with Crippen LogP contribution >= 0.6 is 15.9 Å². The van der Waals surface area contributed by atoms with Crippen molar-refractivity contribution in [3.05, 3.63) is 52.0 Å². The van der Waals surface area contributed by atoms with Crippen LogP contribution in [0.1, 0.15) is 15.9 Å². The van der Waals surface area contributed by atoms with Crippen molar-refractivity contribution >= 4 is 27.4 Å². The first-order chi connectivity index (χ1) is 12.1. The van der Waals surface area contributed by atoms with Crippen LogP contribution in [0.5, 0.6) is 11.5 Å². The van der Waals surface area contributed by atoms with Gasteiger partial charge in [0.1, 0.15) is 13.2 Å². The molecule has 1 unspecified atom stereocenters. The molecule has 1 aliphatic heterocycles. The van der Waals surface area contributed by atoms with Gasteiger partial charge in [-0.25, -0.2) is 0 Å². The Hall–Kier alpha value is -2.09. The van der Waals surface area contributed by atoms with Gasteiger partial charge in [0.2, 0.25) is 0 Å². The number of rotatable bonds is 6. The lowest BCUT2D eigenvalue weighted by Crippen LogP contribution is -2.24. The topological polar surface area (TPSA) is 88.0 Å². The van der Waals surface area contributed by atoms with E-state index < -0.39 is 6.10 Å². The summed E-state index contributed by atoms with van der Waals surface area (Å²) in [6, 6.07) is 10.4. The molecule has 0 fully saturated rings. The molecule has 0 amide bonds. The van der Waals surface area contributed by atoms with Gasteiger partial charge in [-0.05, 0) is 30.3 Å². The summed E-state index contributed by atoms with van der Waals surface area (Å²) >= 11 is 3.35. The molecule has 1 atom stereocenters. The van der Waals surface area contributed by atoms with Crippen molar-refractivity contribution in [2.45, 2.75) is 6.10 Å². The van der Waals surface area contributed by atoms with Crippen LogP contribution in [0.4, 0.5) is 5.69 Å². The number of carbonyl (C=O) groups is 1. The van der Waals surface area contributed by atoms with E-state index in [1.165, 1.54) is 0 Å². The van der Waals surface area contributed by atoms with Crippen molar-refractivity contribution < 1.29 is 24.5 Å². The van der Waals surface area contributed by atoms with Gasteiger partial charge >= 0.3 is 0 Å². The number of halogens is 1. The molecule has 132 valence electrons. The predicted molar refractivity (Wildman–Crippen MR) is 96.6 cm³/mol. The number of hydrogen-bond acceptors (Lipinski definition) is 6. The second kappa shape index (κ2) is 7.86. The first-order valence-corrected chi connectivity index (χ1v) is 8.64. The van der Waals surface area contributed by atoms with E-state index in [1.807, 2.05) is 0 Å². The molecular weight excluding hydrogens is 390 g/mol. The number of benzene rings is 2. The lowest BCUT2D eigenvalue weighted by Gasteiger charge is -2.22. The molecule has 3 rings (SSSR count). The zero-order valence-corrected chi connectivity index (χ0v) is 15.0. The van der Waals surface area contributed by atoms with Crippen LogP contribution in [0.3, 0.4) is 0 Å².